The van der Waals surface area contributed by atoms with Gasteiger partial charge in [-0.05, 0) is 67.9 Å². The summed E-state index contributed by atoms with van der Waals surface area (Å²) in [5.74, 6) is 3.98. The number of rotatable bonds is 6. The molecule has 0 N–H and O–H groups in total. The number of fused-ring (bicyclic) bond motifs is 3. The van der Waals surface area contributed by atoms with Gasteiger partial charge in [-0.15, -0.1) is 17.9 Å². The number of allylic oxidation sites excluding steroid dienone is 1. The fourth-order valence-electron chi connectivity index (χ4n) is 5.43. The Labute approximate surface area is 177 Å². The van der Waals surface area contributed by atoms with E-state index >= 15 is 0 Å². The molecule has 2 bridgehead atoms. The summed E-state index contributed by atoms with van der Waals surface area (Å²) in [7, 11) is -1.07. The summed E-state index contributed by atoms with van der Waals surface area (Å²) < 4.78 is 18.3. The van der Waals surface area contributed by atoms with E-state index in [0.717, 1.165) is 69.0 Å². The van der Waals surface area contributed by atoms with Gasteiger partial charge in [-0.3, -0.25) is 4.21 Å². The zero-order valence-electron chi connectivity index (χ0n) is 16.7. The fourth-order valence-corrected chi connectivity index (χ4v) is 6.64. The lowest BCUT2D eigenvalue weighted by Gasteiger charge is -2.28. The topological polar surface area (TPSA) is 56.0 Å². The van der Waals surface area contributed by atoms with Gasteiger partial charge in [-0.2, -0.15) is 0 Å². The molecule has 5 unspecified atom stereocenters. The molecule has 5 rings (SSSR count). The minimum absolute atomic E-state index is 0.725. The minimum Gasteiger partial charge on any atom is -0.440 e. The van der Waals surface area contributed by atoms with Gasteiger partial charge in [0.25, 0.3) is 0 Å². The van der Waals surface area contributed by atoms with Gasteiger partial charge < -0.3 is 4.42 Å². The van der Waals surface area contributed by atoms with E-state index in [-0.39, 0.29) is 0 Å². The van der Waals surface area contributed by atoms with E-state index in [2.05, 4.69) is 17.6 Å². The summed E-state index contributed by atoms with van der Waals surface area (Å²) >= 11 is 1.56. The average molecular weight is 427 g/mol. The largest absolute Gasteiger partial charge is 0.440 e. The number of hydrogen-bond acceptors (Lipinski definition) is 5. The van der Waals surface area contributed by atoms with E-state index in [1.54, 1.807) is 23.8 Å². The third kappa shape index (κ3) is 3.73. The molecule has 3 aromatic rings. The number of benzene rings is 1. The molecule has 0 amide bonds. The zero-order chi connectivity index (χ0) is 20.0. The molecule has 0 aliphatic heterocycles. The van der Waals surface area contributed by atoms with Crippen molar-refractivity contribution in [3.8, 4) is 10.6 Å². The van der Waals surface area contributed by atoms with Crippen LogP contribution >= 0.6 is 11.3 Å². The van der Waals surface area contributed by atoms with Crippen LogP contribution in [0, 0.1) is 23.7 Å². The molecular weight excluding hydrogens is 400 g/mol. The van der Waals surface area contributed by atoms with E-state index in [1.165, 1.54) is 25.7 Å². The molecular formula is C23H26N2O2S2. The number of oxazole rings is 1. The monoisotopic (exact) mass is 426 g/mol. The van der Waals surface area contributed by atoms with Crippen molar-refractivity contribution < 1.29 is 8.63 Å². The molecule has 4 nitrogen and oxygen atoms in total. The highest BCUT2D eigenvalue weighted by atomic mass is 32.2. The number of aromatic nitrogens is 2. The number of hydrogen-bond donors (Lipinski definition) is 0. The van der Waals surface area contributed by atoms with Gasteiger partial charge in [-0.25, -0.2) is 9.97 Å². The lowest BCUT2D eigenvalue weighted by atomic mass is 9.78. The van der Waals surface area contributed by atoms with Crippen LogP contribution in [0.3, 0.4) is 0 Å². The number of nitrogens with zero attached hydrogens (tertiary/aromatic N) is 2. The van der Waals surface area contributed by atoms with Crippen molar-refractivity contribution in [1.29, 1.82) is 0 Å². The molecule has 5 atom stereocenters. The molecule has 2 aliphatic carbocycles. The first-order chi connectivity index (χ1) is 14.1. The van der Waals surface area contributed by atoms with Crippen molar-refractivity contribution in [2.45, 2.75) is 43.4 Å². The normalized spacial score (nSPS) is 27.3. The van der Waals surface area contributed by atoms with Gasteiger partial charge in [0.05, 0.1) is 5.56 Å². The number of thiazole rings is 1. The van der Waals surface area contributed by atoms with Gasteiger partial charge in [0.2, 0.25) is 0 Å². The highest BCUT2D eigenvalue weighted by molar-refractivity contribution is 7.84. The van der Waals surface area contributed by atoms with Gasteiger partial charge in [0.15, 0.2) is 11.5 Å². The Kier molecular flexibility index (Phi) is 5.16. The summed E-state index contributed by atoms with van der Waals surface area (Å²) in [6.07, 6.45) is 13.0. The molecule has 2 aromatic heterocycles. The summed E-state index contributed by atoms with van der Waals surface area (Å²) in [6, 6.07) is 3.82. The average Bonchev–Trinajstić information content (AvgIpc) is 3.44. The molecule has 29 heavy (non-hydrogen) atoms. The van der Waals surface area contributed by atoms with Crippen molar-refractivity contribution >= 4 is 33.2 Å². The molecule has 2 fully saturated rings. The van der Waals surface area contributed by atoms with Crippen LogP contribution in [0.1, 0.15) is 38.0 Å². The summed E-state index contributed by atoms with van der Waals surface area (Å²) in [5, 5.41) is 2.83. The first-order valence-electron chi connectivity index (χ1n) is 10.4. The summed E-state index contributed by atoms with van der Waals surface area (Å²) in [5.41, 5.74) is 2.44. The predicted octanol–water partition coefficient (Wildman–Crippen LogP) is 5.86. The van der Waals surface area contributed by atoms with Crippen LogP contribution in [0.25, 0.3) is 21.7 Å². The first-order valence-corrected chi connectivity index (χ1v) is 12.8. The maximum absolute atomic E-state index is 12.1. The maximum Gasteiger partial charge on any atom is 0.195 e. The Bertz CT molecular complexity index is 1060. The zero-order valence-corrected chi connectivity index (χ0v) is 18.3. The Morgan fingerprint density at radius 3 is 2.97 bits per heavy atom. The second-order valence-corrected chi connectivity index (χ2v) is 10.9. The second kappa shape index (κ2) is 7.80. The van der Waals surface area contributed by atoms with Gasteiger partial charge in [0.1, 0.15) is 10.5 Å². The molecule has 0 radical (unpaired) electrons. The third-order valence-corrected chi connectivity index (χ3v) is 8.43. The SMILES string of the molecule is C=CC1CC2CC(CCc3nc4cc(S(C)=O)cc(-c5nccs5)c4o3)CC1C2. The smallest absolute Gasteiger partial charge is 0.195 e. The van der Waals surface area contributed by atoms with E-state index < -0.39 is 10.8 Å². The third-order valence-electron chi connectivity index (χ3n) is 6.72. The molecule has 152 valence electrons. The fraction of sp³-hybridized carbons (Fsp3) is 0.478. The van der Waals surface area contributed by atoms with Crippen molar-refractivity contribution in [1.82, 2.24) is 9.97 Å². The van der Waals surface area contributed by atoms with Crippen molar-refractivity contribution in [2.75, 3.05) is 6.26 Å². The van der Waals surface area contributed by atoms with Crippen molar-refractivity contribution in [3.63, 3.8) is 0 Å². The highest BCUT2D eigenvalue weighted by Crippen LogP contribution is 2.49. The highest BCUT2D eigenvalue weighted by Gasteiger charge is 2.39. The van der Waals surface area contributed by atoms with Gasteiger partial charge in [-0.1, -0.05) is 6.08 Å². The molecule has 1 aromatic carbocycles. The Balaban J connectivity index is 1.38. The Hall–Kier alpha value is -1.79. The van der Waals surface area contributed by atoms with Crippen LogP contribution in [-0.2, 0) is 17.2 Å². The summed E-state index contributed by atoms with van der Waals surface area (Å²) in [6.45, 7) is 4.04. The van der Waals surface area contributed by atoms with E-state index in [9.17, 15) is 4.21 Å². The Morgan fingerprint density at radius 2 is 2.21 bits per heavy atom. The summed E-state index contributed by atoms with van der Waals surface area (Å²) in [4.78, 5) is 9.95. The van der Waals surface area contributed by atoms with Gasteiger partial charge >= 0.3 is 0 Å². The lowest BCUT2D eigenvalue weighted by Crippen LogP contribution is -2.17. The lowest BCUT2D eigenvalue weighted by molar-refractivity contribution is 0.238. The van der Waals surface area contributed by atoms with Crippen LogP contribution in [0.5, 0.6) is 0 Å². The molecule has 0 saturated heterocycles. The van der Waals surface area contributed by atoms with Crippen LogP contribution < -0.4 is 0 Å². The molecule has 6 heteroatoms. The Morgan fingerprint density at radius 1 is 1.31 bits per heavy atom. The first kappa shape index (κ1) is 19.2. The second-order valence-electron chi connectivity index (χ2n) is 8.59. The standard InChI is InChI=1S/C23H26N2O2S2/c1-3-16-10-15-8-14(9-17(16)11-15)4-5-21-25-20-13-18(29(2)26)12-19(22(20)27-21)23-24-6-7-28-23/h3,6-7,12-17H,1,4-5,8-11H2,2H3. The molecule has 0 spiro atoms. The van der Waals surface area contributed by atoms with Crippen LogP contribution in [0.4, 0.5) is 0 Å². The van der Waals surface area contributed by atoms with E-state index in [0.29, 0.717) is 0 Å². The van der Waals surface area contributed by atoms with Crippen LogP contribution in [0.15, 0.2) is 45.7 Å². The van der Waals surface area contributed by atoms with E-state index in [1.807, 2.05) is 17.5 Å². The number of aryl methyl sites for hydroxylation is 1. The maximum atomic E-state index is 12.1. The molecule has 2 aliphatic rings. The predicted molar refractivity (Wildman–Crippen MR) is 118 cm³/mol. The minimum atomic E-state index is -1.07. The molecule has 2 heterocycles. The van der Waals surface area contributed by atoms with Crippen LogP contribution in [0.2, 0.25) is 0 Å². The van der Waals surface area contributed by atoms with E-state index in [4.69, 9.17) is 9.40 Å². The van der Waals surface area contributed by atoms with Crippen molar-refractivity contribution in [3.05, 3.63) is 42.3 Å². The van der Waals surface area contributed by atoms with Crippen LogP contribution in [-0.4, -0.2) is 20.4 Å². The van der Waals surface area contributed by atoms with Gasteiger partial charge in [0, 0.05) is 39.9 Å². The quantitative estimate of drug-likeness (QED) is 0.463. The molecule has 2 saturated carbocycles. The van der Waals surface area contributed by atoms with Crippen molar-refractivity contribution in [2.24, 2.45) is 23.7 Å².